The Morgan fingerprint density at radius 2 is 1.96 bits per heavy atom. The number of benzene rings is 1. The van der Waals surface area contributed by atoms with E-state index in [0.717, 1.165) is 12.8 Å². The maximum Gasteiger partial charge on any atom is 0.275 e. The van der Waals surface area contributed by atoms with E-state index in [1.54, 1.807) is 0 Å². The highest BCUT2D eigenvalue weighted by Gasteiger charge is 2.32. The maximum atomic E-state index is 12.9. The van der Waals surface area contributed by atoms with Crippen molar-refractivity contribution in [1.29, 1.82) is 0 Å². The van der Waals surface area contributed by atoms with Crippen LogP contribution in [-0.4, -0.2) is 38.0 Å². The smallest absolute Gasteiger partial charge is 0.275 e. The predicted molar refractivity (Wildman–Crippen MR) is 80.9 cm³/mol. The SMILES string of the molecule is O=C(NCC1(O)CCCC1)c1nn(-c2ccc(F)cc2)cc1O. The molecule has 1 amide bonds. The average molecular weight is 319 g/mol. The minimum absolute atomic E-state index is 0.129. The van der Waals surface area contributed by atoms with E-state index in [9.17, 15) is 19.4 Å². The Hall–Kier alpha value is -2.41. The molecule has 0 atom stereocenters. The third kappa shape index (κ3) is 3.34. The van der Waals surface area contributed by atoms with E-state index in [0.29, 0.717) is 18.5 Å². The largest absolute Gasteiger partial charge is 0.504 e. The fraction of sp³-hybridized carbons (Fsp3) is 0.375. The molecule has 1 aliphatic carbocycles. The average Bonchev–Trinajstić information content (AvgIpc) is 3.13. The molecule has 23 heavy (non-hydrogen) atoms. The van der Waals surface area contributed by atoms with Crippen LogP contribution in [0.2, 0.25) is 0 Å². The van der Waals surface area contributed by atoms with Crippen molar-refractivity contribution in [2.75, 3.05) is 6.54 Å². The molecule has 3 N–H and O–H groups in total. The van der Waals surface area contributed by atoms with Gasteiger partial charge < -0.3 is 15.5 Å². The van der Waals surface area contributed by atoms with Crippen molar-refractivity contribution in [3.05, 3.63) is 42.0 Å². The van der Waals surface area contributed by atoms with Crippen LogP contribution >= 0.6 is 0 Å². The van der Waals surface area contributed by atoms with Crippen LogP contribution in [-0.2, 0) is 0 Å². The van der Waals surface area contributed by atoms with E-state index in [2.05, 4.69) is 10.4 Å². The number of nitrogens with zero attached hydrogens (tertiary/aromatic N) is 2. The van der Waals surface area contributed by atoms with Gasteiger partial charge in [0.15, 0.2) is 11.4 Å². The van der Waals surface area contributed by atoms with Gasteiger partial charge in [-0.25, -0.2) is 9.07 Å². The molecular formula is C16H18FN3O3. The molecule has 1 aliphatic rings. The molecule has 2 aromatic rings. The van der Waals surface area contributed by atoms with Gasteiger partial charge in [-0.05, 0) is 37.1 Å². The highest BCUT2D eigenvalue weighted by atomic mass is 19.1. The van der Waals surface area contributed by atoms with Gasteiger partial charge in [-0.3, -0.25) is 4.79 Å². The molecule has 0 radical (unpaired) electrons. The Morgan fingerprint density at radius 3 is 2.61 bits per heavy atom. The number of rotatable bonds is 4. The fourth-order valence-electron chi connectivity index (χ4n) is 2.79. The molecule has 0 spiro atoms. The lowest BCUT2D eigenvalue weighted by Crippen LogP contribution is -2.40. The van der Waals surface area contributed by atoms with Gasteiger partial charge in [-0.1, -0.05) is 12.8 Å². The van der Waals surface area contributed by atoms with Gasteiger partial charge in [0.1, 0.15) is 5.82 Å². The summed E-state index contributed by atoms with van der Waals surface area (Å²) in [5.74, 6) is -1.21. The maximum absolute atomic E-state index is 12.9. The third-order valence-corrected chi connectivity index (χ3v) is 4.11. The van der Waals surface area contributed by atoms with Crippen LogP contribution in [0.15, 0.2) is 30.5 Å². The molecule has 122 valence electrons. The molecule has 0 bridgehead atoms. The van der Waals surface area contributed by atoms with E-state index in [4.69, 9.17) is 0 Å². The molecule has 1 fully saturated rings. The van der Waals surface area contributed by atoms with Crippen LogP contribution in [0.4, 0.5) is 4.39 Å². The zero-order valence-electron chi connectivity index (χ0n) is 12.5. The van der Waals surface area contributed by atoms with Gasteiger partial charge >= 0.3 is 0 Å². The number of aliphatic hydroxyl groups is 1. The minimum atomic E-state index is -0.870. The number of carbonyl (C=O) groups is 1. The van der Waals surface area contributed by atoms with Crippen LogP contribution in [0.3, 0.4) is 0 Å². The quantitative estimate of drug-likeness (QED) is 0.801. The number of carbonyl (C=O) groups excluding carboxylic acids is 1. The van der Waals surface area contributed by atoms with Crippen molar-refractivity contribution in [3.8, 4) is 11.4 Å². The lowest BCUT2D eigenvalue weighted by molar-refractivity contribution is 0.0448. The van der Waals surface area contributed by atoms with E-state index < -0.39 is 11.5 Å². The number of aromatic nitrogens is 2. The summed E-state index contributed by atoms with van der Waals surface area (Å²) in [5, 5.41) is 26.8. The van der Waals surface area contributed by atoms with Crippen molar-refractivity contribution < 1.29 is 19.4 Å². The first-order valence-electron chi connectivity index (χ1n) is 7.52. The van der Waals surface area contributed by atoms with Crippen molar-refractivity contribution in [1.82, 2.24) is 15.1 Å². The molecule has 1 aromatic heterocycles. The van der Waals surface area contributed by atoms with Crippen LogP contribution in [0, 0.1) is 5.82 Å². The Kier molecular flexibility index (Phi) is 4.04. The fourth-order valence-corrected chi connectivity index (χ4v) is 2.79. The molecular weight excluding hydrogens is 301 g/mol. The summed E-state index contributed by atoms with van der Waals surface area (Å²) in [5.41, 5.74) is -0.476. The number of aromatic hydroxyl groups is 1. The van der Waals surface area contributed by atoms with Gasteiger partial charge in [0.25, 0.3) is 5.91 Å². The molecule has 0 saturated heterocycles. The van der Waals surface area contributed by atoms with Crippen molar-refractivity contribution >= 4 is 5.91 Å². The summed E-state index contributed by atoms with van der Waals surface area (Å²) in [6.45, 7) is 0.134. The topological polar surface area (TPSA) is 87.4 Å². The van der Waals surface area contributed by atoms with Gasteiger partial charge in [0.2, 0.25) is 0 Å². The molecule has 7 heteroatoms. The lowest BCUT2D eigenvalue weighted by Gasteiger charge is -2.21. The second-order valence-electron chi connectivity index (χ2n) is 5.90. The van der Waals surface area contributed by atoms with Gasteiger partial charge in [0.05, 0.1) is 17.5 Å². The van der Waals surface area contributed by atoms with E-state index in [-0.39, 0.29) is 23.8 Å². The van der Waals surface area contributed by atoms with E-state index in [1.165, 1.54) is 35.1 Å². The van der Waals surface area contributed by atoms with Gasteiger partial charge in [-0.2, -0.15) is 5.10 Å². The van der Waals surface area contributed by atoms with Crippen LogP contribution < -0.4 is 5.32 Å². The summed E-state index contributed by atoms with van der Waals surface area (Å²) in [6, 6.07) is 5.52. The third-order valence-electron chi connectivity index (χ3n) is 4.11. The Morgan fingerprint density at radius 1 is 1.30 bits per heavy atom. The number of nitrogens with one attached hydrogen (secondary N) is 1. The predicted octanol–water partition coefficient (Wildman–Crippen LogP) is 1.75. The van der Waals surface area contributed by atoms with Crippen molar-refractivity contribution in [3.63, 3.8) is 0 Å². The van der Waals surface area contributed by atoms with Crippen LogP contribution in [0.25, 0.3) is 5.69 Å². The first-order chi connectivity index (χ1) is 11.0. The summed E-state index contributed by atoms with van der Waals surface area (Å²) in [6.07, 6.45) is 4.48. The highest BCUT2D eigenvalue weighted by Crippen LogP contribution is 2.28. The van der Waals surface area contributed by atoms with Crippen molar-refractivity contribution in [2.24, 2.45) is 0 Å². The second-order valence-corrected chi connectivity index (χ2v) is 5.90. The van der Waals surface area contributed by atoms with Crippen LogP contribution in [0.5, 0.6) is 5.75 Å². The van der Waals surface area contributed by atoms with Gasteiger partial charge in [-0.15, -0.1) is 0 Å². The van der Waals surface area contributed by atoms with Crippen LogP contribution in [0.1, 0.15) is 36.2 Å². The zero-order chi connectivity index (χ0) is 16.4. The second kappa shape index (κ2) is 6.00. The molecule has 1 heterocycles. The van der Waals surface area contributed by atoms with Gasteiger partial charge in [0, 0.05) is 6.54 Å². The molecule has 0 aliphatic heterocycles. The zero-order valence-corrected chi connectivity index (χ0v) is 12.5. The Labute approximate surface area is 132 Å². The summed E-state index contributed by atoms with van der Waals surface area (Å²) in [7, 11) is 0. The molecule has 3 rings (SSSR count). The standard InChI is InChI=1S/C16H18FN3O3/c17-11-3-5-12(6-4-11)20-9-13(21)14(19-20)15(22)18-10-16(23)7-1-2-8-16/h3-6,9,21,23H,1-2,7-8,10H2,(H,18,22). The molecule has 0 unspecified atom stereocenters. The number of hydrogen-bond donors (Lipinski definition) is 3. The molecule has 1 aromatic carbocycles. The minimum Gasteiger partial charge on any atom is -0.504 e. The number of hydrogen-bond acceptors (Lipinski definition) is 4. The molecule has 1 saturated carbocycles. The summed E-state index contributed by atoms with van der Waals surface area (Å²) < 4.78 is 14.2. The monoisotopic (exact) mass is 319 g/mol. The van der Waals surface area contributed by atoms with E-state index >= 15 is 0 Å². The summed E-state index contributed by atoms with van der Waals surface area (Å²) >= 11 is 0. The Bertz CT molecular complexity index is 706. The normalized spacial score (nSPS) is 16.4. The summed E-state index contributed by atoms with van der Waals surface area (Å²) in [4.78, 5) is 12.1. The Balaban J connectivity index is 1.72. The number of amides is 1. The highest BCUT2D eigenvalue weighted by molar-refractivity contribution is 5.94. The number of halogens is 1. The first kappa shape index (κ1) is 15.5. The van der Waals surface area contributed by atoms with Crippen molar-refractivity contribution in [2.45, 2.75) is 31.3 Å². The lowest BCUT2D eigenvalue weighted by atomic mass is 10.0. The van der Waals surface area contributed by atoms with E-state index in [1.807, 2.05) is 0 Å². The molecule has 6 nitrogen and oxygen atoms in total. The first-order valence-corrected chi connectivity index (χ1v) is 7.52.